The third-order valence-corrected chi connectivity index (χ3v) is 6.20. The van der Waals surface area contributed by atoms with Crippen molar-refractivity contribution in [2.45, 2.75) is 25.7 Å². The van der Waals surface area contributed by atoms with E-state index in [0.717, 1.165) is 35.3 Å². The van der Waals surface area contributed by atoms with Gasteiger partial charge in [0.2, 0.25) is 0 Å². The van der Waals surface area contributed by atoms with Gasteiger partial charge in [-0.25, -0.2) is 4.98 Å². The minimum Gasteiger partial charge on any atom is -0.507 e. The number of phenols is 1. The van der Waals surface area contributed by atoms with E-state index in [9.17, 15) is 14.7 Å². The van der Waals surface area contributed by atoms with E-state index in [0.29, 0.717) is 37.7 Å². The van der Waals surface area contributed by atoms with Gasteiger partial charge in [-0.2, -0.15) is 5.10 Å². The number of benzene rings is 1. The molecule has 31 heavy (non-hydrogen) atoms. The molecule has 2 aliphatic rings. The van der Waals surface area contributed by atoms with Gasteiger partial charge in [0.05, 0.1) is 22.2 Å². The van der Waals surface area contributed by atoms with Gasteiger partial charge >= 0.3 is 0 Å². The van der Waals surface area contributed by atoms with Gasteiger partial charge in [-0.15, -0.1) is 0 Å². The van der Waals surface area contributed by atoms with E-state index >= 15 is 0 Å². The molecule has 1 aromatic carbocycles. The second kappa shape index (κ2) is 7.37. The highest BCUT2D eigenvalue weighted by Gasteiger charge is 2.31. The number of para-hydroxylation sites is 1. The van der Waals surface area contributed by atoms with Crippen molar-refractivity contribution in [1.29, 1.82) is 0 Å². The molecule has 2 amide bonds. The van der Waals surface area contributed by atoms with E-state index < -0.39 is 0 Å². The topological polar surface area (TPSA) is 91.6 Å². The standard InChI is InChI=1S/C23H25N5O3/c1-14-20-17(13-18(15-7-8-15)24-21(20)26(2)25-14)23(31)28-11-9-27(10-12-28)22(30)16-5-3-4-6-19(16)29/h3-6,13,15,29H,7-12H2,1-2H3. The van der Waals surface area contributed by atoms with Crippen LogP contribution in [0.15, 0.2) is 30.3 Å². The molecule has 1 saturated carbocycles. The zero-order chi connectivity index (χ0) is 21.7. The Kier molecular flexibility index (Phi) is 4.64. The molecular formula is C23H25N5O3. The number of aromatic hydroxyl groups is 1. The lowest BCUT2D eigenvalue weighted by molar-refractivity contribution is 0.0534. The second-order valence-corrected chi connectivity index (χ2v) is 8.38. The van der Waals surface area contributed by atoms with E-state index in [1.165, 1.54) is 6.07 Å². The summed E-state index contributed by atoms with van der Waals surface area (Å²) in [5.41, 5.74) is 3.45. The Bertz CT molecular complexity index is 1190. The van der Waals surface area contributed by atoms with Crippen LogP contribution in [0.3, 0.4) is 0 Å². The van der Waals surface area contributed by atoms with Gasteiger partial charge in [0.15, 0.2) is 5.65 Å². The number of hydrogen-bond acceptors (Lipinski definition) is 5. The van der Waals surface area contributed by atoms with Crippen molar-refractivity contribution in [2.75, 3.05) is 26.2 Å². The number of aryl methyl sites for hydroxylation is 2. The van der Waals surface area contributed by atoms with E-state index in [1.54, 1.807) is 32.7 Å². The molecule has 160 valence electrons. The molecule has 2 aromatic heterocycles. The molecule has 1 N–H and O–H groups in total. The highest BCUT2D eigenvalue weighted by atomic mass is 16.3. The number of piperazine rings is 1. The van der Waals surface area contributed by atoms with Crippen molar-refractivity contribution in [3.05, 3.63) is 52.8 Å². The van der Waals surface area contributed by atoms with Crippen LogP contribution in [-0.2, 0) is 7.05 Å². The summed E-state index contributed by atoms with van der Waals surface area (Å²) >= 11 is 0. The summed E-state index contributed by atoms with van der Waals surface area (Å²) in [6.07, 6.45) is 2.21. The lowest BCUT2D eigenvalue weighted by Gasteiger charge is -2.35. The molecule has 3 heterocycles. The Morgan fingerprint density at radius 2 is 1.61 bits per heavy atom. The molecule has 8 heteroatoms. The monoisotopic (exact) mass is 419 g/mol. The van der Waals surface area contributed by atoms with Gasteiger partial charge in [-0.1, -0.05) is 12.1 Å². The molecule has 1 aliphatic heterocycles. The fourth-order valence-electron chi connectivity index (χ4n) is 4.33. The molecule has 2 fully saturated rings. The predicted octanol–water partition coefficient (Wildman–Crippen LogP) is 2.46. The van der Waals surface area contributed by atoms with Crippen LogP contribution in [0.5, 0.6) is 5.75 Å². The van der Waals surface area contributed by atoms with Gasteiger partial charge in [0.25, 0.3) is 11.8 Å². The van der Waals surface area contributed by atoms with E-state index in [-0.39, 0.29) is 23.1 Å². The summed E-state index contributed by atoms with van der Waals surface area (Å²) in [6, 6.07) is 8.49. The molecule has 0 bridgehead atoms. The first-order valence-corrected chi connectivity index (χ1v) is 10.6. The fraction of sp³-hybridized carbons (Fsp3) is 0.391. The molecule has 0 spiro atoms. The third-order valence-electron chi connectivity index (χ3n) is 6.20. The lowest BCUT2D eigenvalue weighted by atomic mass is 10.1. The summed E-state index contributed by atoms with van der Waals surface area (Å²) in [5, 5.41) is 15.3. The van der Waals surface area contributed by atoms with Crippen molar-refractivity contribution in [3.8, 4) is 5.75 Å². The lowest BCUT2D eigenvalue weighted by Crippen LogP contribution is -2.50. The van der Waals surface area contributed by atoms with Gasteiger partial charge < -0.3 is 14.9 Å². The zero-order valence-corrected chi connectivity index (χ0v) is 17.7. The molecule has 1 saturated heterocycles. The van der Waals surface area contributed by atoms with Crippen LogP contribution in [0, 0.1) is 6.92 Å². The van der Waals surface area contributed by atoms with Gasteiger partial charge in [0.1, 0.15) is 5.75 Å². The number of rotatable bonds is 3. The molecule has 3 aromatic rings. The van der Waals surface area contributed by atoms with Crippen LogP contribution in [0.2, 0.25) is 0 Å². The summed E-state index contributed by atoms with van der Waals surface area (Å²) in [7, 11) is 1.86. The van der Waals surface area contributed by atoms with Crippen LogP contribution in [0.25, 0.3) is 11.0 Å². The number of carbonyl (C=O) groups is 2. The SMILES string of the molecule is Cc1nn(C)c2nc(C3CC3)cc(C(=O)N3CCN(C(=O)c4ccccc4O)CC3)c12. The summed E-state index contributed by atoms with van der Waals surface area (Å²) in [6.45, 7) is 3.64. The Labute approximate surface area is 180 Å². The second-order valence-electron chi connectivity index (χ2n) is 8.38. The van der Waals surface area contributed by atoms with Gasteiger partial charge in [0, 0.05) is 44.8 Å². The van der Waals surface area contributed by atoms with Crippen LogP contribution < -0.4 is 0 Å². The van der Waals surface area contributed by atoms with Crippen molar-refractivity contribution in [3.63, 3.8) is 0 Å². The minimum atomic E-state index is -0.212. The Morgan fingerprint density at radius 1 is 1.00 bits per heavy atom. The van der Waals surface area contributed by atoms with Gasteiger partial charge in [-0.05, 0) is 38.0 Å². The predicted molar refractivity (Wildman–Crippen MR) is 115 cm³/mol. The van der Waals surface area contributed by atoms with E-state index in [4.69, 9.17) is 4.98 Å². The molecule has 5 rings (SSSR count). The highest BCUT2D eigenvalue weighted by molar-refractivity contribution is 6.06. The van der Waals surface area contributed by atoms with Crippen molar-refractivity contribution >= 4 is 22.8 Å². The van der Waals surface area contributed by atoms with Gasteiger partial charge in [-0.3, -0.25) is 14.3 Å². The molecule has 0 unspecified atom stereocenters. The maximum absolute atomic E-state index is 13.5. The zero-order valence-electron chi connectivity index (χ0n) is 17.7. The van der Waals surface area contributed by atoms with Crippen molar-refractivity contribution < 1.29 is 14.7 Å². The molecule has 1 aliphatic carbocycles. The number of nitrogens with zero attached hydrogens (tertiary/aromatic N) is 5. The number of pyridine rings is 1. The maximum atomic E-state index is 13.5. The van der Waals surface area contributed by atoms with E-state index in [2.05, 4.69) is 5.10 Å². The van der Waals surface area contributed by atoms with Crippen LogP contribution in [0.4, 0.5) is 0 Å². The van der Waals surface area contributed by atoms with Crippen LogP contribution >= 0.6 is 0 Å². The summed E-state index contributed by atoms with van der Waals surface area (Å²) < 4.78 is 1.75. The number of hydrogen-bond donors (Lipinski definition) is 1. The van der Waals surface area contributed by atoms with Crippen molar-refractivity contribution in [1.82, 2.24) is 24.6 Å². The molecule has 0 atom stereocenters. The molecule has 0 radical (unpaired) electrons. The molecule has 8 nitrogen and oxygen atoms in total. The fourth-order valence-corrected chi connectivity index (χ4v) is 4.33. The first-order valence-electron chi connectivity index (χ1n) is 10.6. The average molecular weight is 419 g/mol. The first-order chi connectivity index (χ1) is 14.9. The highest BCUT2D eigenvalue weighted by Crippen LogP contribution is 2.40. The third kappa shape index (κ3) is 3.41. The normalized spacial score (nSPS) is 16.7. The summed E-state index contributed by atoms with van der Waals surface area (Å²) in [5.74, 6) is 0.152. The minimum absolute atomic E-state index is 0.0233. The smallest absolute Gasteiger partial charge is 0.257 e. The van der Waals surface area contributed by atoms with Crippen LogP contribution in [0.1, 0.15) is 50.9 Å². The van der Waals surface area contributed by atoms with E-state index in [1.807, 2.05) is 20.0 Å². The Balaban J connectivity index is 1.38. The number of phenolic OH excluding ortho intramolecular Hbond substituents is 1. The maximum Gasteiger partial charge on any atom is 0.257 e. The molecular weight excluding hydrogens is 394 g/mol. The first kappa shape index (κ1) is 19.5. The number of fused-ring (bicyclic) bond motifs is 1. The Morgan fingerprint density at radius 3 is 2.23 bits per heavy atom. The average Bonchev–Trinajstić information content (AvgIpc) is 3.59. The summed E-state index contributed by atoms with van der Waals surface area (Å²) in [4.78, 5) is 34.5. The van der Waals surface area contributed by atoms with Crippen molar-refractivity contribution in [2.24, 2.45) is 7.05 Å². The van der Waals surface area contributed by atoms with Crippen LogP contribution in [-0.4, -0.2) is 67.7 Å². The number of aromatic nitrogens is 3. The Hall–Kier alpha value is -3.42. The number of amides is 2. The number of carbonyl (C=O) groups excluding carboxylic acids is 2. The quantitative estimate of drug-likeness (QED) is 0.704. The largest absolute Gasteiger partial charge is 0.507 e.